The maximum Gasteiger partial charge on any atom is 0.324 e. The SMILES string of the molecule is CN1CCN(C(=O)Nc2cnc3ccccn23)C(c2ccccc2)C1=O. The van der Waals surface area contributed by atoms with Gasteiger partial charge in [0.05, 0.1) is 6.20 Å². The summed E-state index contributed by atoms with van der Waals surface area (Å²) in [6, 6.07) is 14.1. The van der Waals surface area contributed by atoms with Crippen molar-refractivity contribution < 1.29 is 9.59 Å². The van der Waals surface area contributed by atoms with Gasteiger partial charge in [-0.1, -0.05) is 36.4 Å². The Balaban J connectivity index is 1.63. The molecular weight excluding hydrogens is 330 g/mol. The van der Waals surface area contributed by atoms with Crippen molar-refractivity contribution in [2.45, 2.75) is 6.04 Å². The van der Waals surface area contributed by atoms with Crippen molar-refractivity contribution in [2.75, 3.05) is 25.5 Å². The van der Waals surface area contributed by atoms with Gasteiger partial charge in [-0.15, -0.1) is 0 Å². The number of hydrogen-bond acceptors (Lipinski definition) is 3. The first-order valence-corrected chi connectivity index (χ1v) is 8.45. The average Bonchev–Trinajstić information content (AvgIpc) is 3.07. The summed E-state index contributed by atoms with van der Waals surface area (Å²) in [6.45, 7) is 0.965. The molecule has 7 nitrogen and oxygen atoms in total. The predicted octanol–water partition coefficient (Wildman–Crippen LogP) is 2.38. The highest BCUT2D eigenvalue weighted by Gasteiger charge is 2.37. The molecule has 7 heteroatoms. The van der Waals surface area contributed by atoms with Crippen molar-refractivity contribution in [1.29, 1.82) is 0 Å². The Bertz CT molecular complexity index is 953. The van der Waals surface area contributed by atoms with Gasteiger partial charge in [-0.25, -0.2) is 9.78 Å². The maximum atomic E-state index is 12.9. The molecule has 1 unspecified atom stereocenters. The van der Waals surface area contributed by atoms with Gasteiger partial charge in [0.2, 0.25) is 5.91 Å². The number of aromatic nitrogens is 2. The molecule has 0 aliphatic carbocycles. The van der Waals surface area contributed by atoms with E-state index >= 15 is 0 Å². The molecule has 132 valence electrons. The van der Waals surface area contributed by atoms with Gasteiger partial charge in [0.25, 0.3) is 0 Å². The summed E-state index contributed by atoms with van der Waals surface area (Å²) in [4.78, 5) is 33.2. The predicted molar refractivity (Wildman–Crippen MR) is 97.7 cm³/mol. The molecule has 4 rings (SSSR count). The van der Waals surface area contributed by atoms with Crippen LogP contribution in [0.1, 0.15) is 11.6 Å². The highest BCUT2D eigenvalue weighted by atomic mass is 16.2. The Kier molecular flexibility index (Phi) is 4.04. The summed E-state index contributed by atoms with van der Waals surface area (Å²) in [5.41, 5.74) is 1.55. The van der Waals surface area contributed by atoms with Crippen molar-refractivity contribution in [3.05, 3.63) is 66.5 Å². The zero-order valence-corrected chi connectivity index (χ0v) is 14.4. The number of nitrogens with zero attached hydrogens (tertiary/aromatic N) is 4. The minimum absolute atomic E-state index is 0.0873. The Hall–Kier alpha value is -3.35. The molecule has 1 saturated heterocycles. The number of imidazole rings is 1. The van der Waals surface area contributed by atoms with Gasteiger partial charge >= 0.3 is 6.03 Å². The highest BCUT2D eigenvalue weighted by molar-refractivity contribution is 5.94. The molecule has 2 aromatic heterocycles. The number of rotatable bonds is 2. The van der Waals surface area contributed by atoms with Gasteiger partial charge in [0, 0.05) is 26.3 Å². The second-order valence-corrected chi connectivity index (χ2v) is 6.27. The number of pyridine rings is 1. The summed E-state index contributed by atoms with van der Waals surface area (Å²) in [6.07, 6.45) is 3.45. The number of carbonyl (C=O) groups excluding carboxylic acids is 2. The Morgan fingerprint density at radius 2 is 1.88 bits per heavy atom. The Morgan fingerprint density at radius 1 is 1.12 bits per heavy atom. The monoisotopic (exact) mass is 349 g/mol. The van der Waals surface area contributed by atoms with E-state index in [0.717, 1.165) is 11.2 Å². The number of urea groups is 1. The molecule has 0 radical (unpaired) electrons. The number of hydrogen-bond donors (Lipinski definition) is 1. The first-order chi connectivity index (χ1) is 12.6. The van der Waals surface area contributed by atoms with Gasteiger partial charge in [0.15, 0.2) is 0 Å². The van der Waals surface area contributed by atoms with E-state index < -0.39 is 6.04 Å². The number of nitrogens with one attached hydrogen (secondary N) is 1. The molecule has 1 aliphatic rings. The lowest BCUT2D eigenvalue weighted by molar-refractivity contribution is -0.138. The second kappa shape index (κ2) is 6.51. The Morgan fingerprint density at radius 3 is 2.69 bits per heavy atom. The molecule has 3 amide bonds. The van der Waals surface area contributed by atoms with E-state index in [1.807, 2.05) is 54.7 Å². The van der Waals surface area contributed by atoms with E-state index in [1.165, 1.54) is 0 Å². The third-order valence-electron chi connectivity index (χ3n) is 4.63. The number of piperazine rings is 1. The third-order valence-corrected chi connectivity index (χ3v) is 4.63. The lowest BCUT2D eigenvalue weighted by Crippen LogP contribution is -2.53. The smallest absolute Gasteiger partial charge is 0.324 e. The van der Waals surface area contributed by atoms with Crippen molar-refractivity contribution in [3.8, 4) is 0 Å². The number of fused-ring (bicyclic) bond motifs is 1. The number of carbonyl (C=O) groups is 2. The number of amides is 3. The first-order valence-electron chi connectivity index (χ1n) is 8.45. The zero-order chi connectivity index (χ0) is 18.1. The molecule has 1 atom stereocenters. The minimum Gasteiger partial charge on any atom is -0.342 e. The highest BCUT2D eigenvalue weighted by Crippen LogP contribution is 2.27. The molecule has 1 fully saturated rings. The summed E-state index contributed by atoms with van der Waals surface area (Å²) >= 11 is 0. The third kappa shape index (κ3) is 2.77. The fraction of sp³-hybridized carbons (Fsp3) is 0.211. The minimum atomic E-state index is -0.630. The van der Waals surface area contributed by atoms with Crippen LogP contribution in [-0.2, 0) is 4.79 Å². The van der Waals surface area contributed by atoms with Crippen LogP contribution in [0.25, 0.3) is 5.65 Å². The van der Waals surface area contributed by atoms with Crippen LogP contribution in [-0.4, -0.2) is 51.3 Å². The van der Waals surface area contributed by atoms with Crippen molar-refractivity contribution in [2.24, 2.45) is 0 Å². The van der Waals surface area contributed by atoms with Gasteiger partial charge in [-0.05, 0) is 17.7 Å². The van der Waals surface area contributed by atoms with Gasteiger partial charge < -0.3 is 9.80 Å². The van der Waals surface area contributed by atoms with Crippen LogP contribution in [0.4, 0.5) is 10.6 Å². The molecule has 0 saturated carbocycles. The Labute approximate surface area is 150 Å². The van der Waals surface area contributed by atoms with Gasteiger partial charge in [-0.2, -0.15) is 0 Å². The van der Waals surface area contributed by atoms with Crippen LogP contribution in [0.2, 0.25) is 0 Å². The maximum absolute atomic E-state index is 12.9. The van der Waals surface area contributed by atoms with E-state index in [0.29, 0.717) is 18.9 Å². The molecule has 1 N–H and O–H groups in total. The van der Waals surface area contributed by atoms with E-state index in [1.54, 1.807) is 27.4 Å². The molecule has 3 heterocycles. The van der Waals surface area contributed by atoms with Crippen LogP contribution < -0.4 is 5.32 Å². The van der Waals surface area contributed by atoms with Crippen molar-refractivity contribution >= 4 is 23.4 Å². The summed E-state index contributed by atoms with van der Waals surface area (Å²) in [5.74, 6) is 0.486. The quantitative estimate of drug-likeness (QED) is 0.772. The van der Waals surface area contributed by atoms with Crippen molar-refractivity contribution in [1.82, 2.24) is 19.2 Å². The molecule has 0 bridgehead atoms. The van der Waals surface area contributed by atoms with E-state index in [9.17, 15) is 9.59 Å². The number of likely N-dealkylation sites (N-methyl/N-ethyl adjacent to an activating group) is 1. The lowest BCUT2D eigenvalue weighted by Gasteiger charge is -2.39. The van der Waals surface area contributed by atoms with Crippen LogP contribution >= 0.6 is 0 Å². The average molecular weight is 349 g/mol. The van der Waals surface area contributed by atoms with E-state index in [4.69, 9.17) is 0 Å². The van der Waals surface area contributed by atoms with Crippen LogP contribution in [0.5, 0.6) is 0 Å². The molecule has 26 heavy (non-hydrogen) atoms. The fourth-order valence-corrected chi connectivity index (χ4v) is 3.22. The largest absolute Gasteiger partial charge is 0.342 e. The topological polar surface area (TPSA) is 69.9 Å². The second-order valence-electron chi connectivity index (χ2n) is 6.27. The molecule has 1 aliphatic heterocycles. The summed E-state index contributed by atoms with van der Waals surface area (Å²) in [5, 5.41) is 2.89. The normalized spacial score (nSPS) is 17.6. The van der Waals surface area contributed by atoms with Crippen molar-refractivity contribution in [3.63, 3.8) is 0 Å². The standard InChI is InChI=1S/C19H19N5O2/c1-22-11-12-24(17(18(22)25)14-7-3-2-4-8-14)19(26)21-16-13-20-15-9-5-6-10-23(15)16/h2-10,13,17H,11-12H2,1H3,(H,21,26). The molecule has 3 aromatic rings. The zero-order valence-electron chi connectivity index (χ0n) is 14.4. The number of benzene rings is 1. The first kappa shape index (κ1) is 16.1. The van der Waals surface area contributed by atoms with E-state index in [-0.39, 0.29) is 11.9 Å². The van der Waals surface area contributed by atoms with Crippen LogP contribution in [0.3, 0.4) is 0 Å². The van der Waals surface area contributed by atoms with E-state index in [2.05, 4.69) is 10.3 Å². The fourth-order valence-electron chi connectivity index (χ4n) is 3.22. The van der Waals surface area contributed by atoms with Crippen LogP contribution in [0, 0.1) is 0 Å². The number of anilines is 1. The summed E-state index contributed by atoms with van der Waals surface area (Å²) < 4.78 is 1.80. The summed E-state index contributed by atoms with van der Waals surface area (Å²) in [7, 11) is 1.76. The van der Waals surface area contributed by atoms with Gasteiger partial charge in [-0.3, -0.25) is 14.5 Å². The molecule has 1 aromatic carbocycles. The molecule has 0 spiro atoms. The van der Waals surface area contributed by atoms with Crippen LogP contribution in [0.15, 0.2) is 60.9 Å². The molecular formula is C19H19N5O2. The van der Waals surface area contributed by atoms with Gasteiger partial charge in [0.1, 0.15) is 17.5 Å². The lowest BCUT2D eigenvalue weighted by atomic mass is 10.0.